The number of rotatable bonds is 5. The zero-order valence-electron chi connectivity index (χ0n) is 19.6. The number of methoxy groups -OCH3 is 1. The number of fused-ring (bicyclic) bond motifs is 1. The fraction of sp³-hybridized carbons (Fsp3) is 0.269. The molecule has 0 unspecified atom stereocenters. The van der Waals surface area contributed by atoms with E-state index in [-0.39, 0.29) is 16.9 Å². The zero-order chi connectivity index (χ0) is 24.5. The lowest BCUT2D eigenvalue weighted by Gasteiger charge is -2.36. The molecule has 0 saturated carbocycles. The summed E-state index contributed by atoms with van der Waals surface area (Å²) in [5, 5.41) is 2.80. The van der Waals surface area contributed by atoms with Gasteiger partial charge in [0.1, 0.15) is 11.5 Å². The molecule has 8 heteroatoms. The van der Waals surface area contributed by atoms with E-state index in [0.717, 1.165) is 5.56 Å². The van der Waals surface area contributed by atoms with Gasteiger partial charge in [0.25, 0.3) is 15.9 Å². The van der Waals surface area contributed by atoms with Crippen LogP contribution >= 0.6 is 0 Å². The topological polar surface area (TPSA) is 84.9 Å². The summed E-state index contributed by atoms with van der Waals surface area (Å²) in [7, 11) is -2.43. The summed E-state index contributed by atoms with van der Waals surface area (Å²) in [5.74, 6) is 0.359. The zero-order valence-corrected chi connectivity index (χ0v) is 20.4. The molecule has 1 heterocycles. The molecule has 1 N–H and O–H groups in total. The summed E-state index contributed by atoms with van der Waals surface area (Å²) < 4.78 is 39.9. The van der Waals surface area contributed by atoms with Crippen molar-refractivity contribution in [3.05, 3.63) is 78.4 Å². The van der Waals surface area contributed by atoms with Crippen LogP contribution in [0.4, 0.5) is 11.4 Å². The smallest absolute Gasteiger partial charge is 0.267 e. The van der Waals surface area contributed by atoms with Crippen molar-refractivity contribution in [1.82, 2.24) is 0 Å². The van der Waals surface area contributed by atoms with E-state index >= 15 is 0 Å². The molecule has 3 aromatic rings. The number of carbonyl (C=O) groups is 1. The Morgan fingerprint density at radius 1 is 1.03 bits per heavy atom. The molecule has 0 saturated heterocycles. The molecule has 0 fully saturated rings. The van der Waals surface area contributed by atoms with Crippen LogP contribution in [0.5, 0.6) is 11.5 Å². The fourth-order valence-electron chi connectivity index (χ4n) is 3.76. The second kappa shape index (κ2) is 9.02. The van der Waals surface area contributed by atoms with E-state index in [9.17, 15) is 13.2 Å². The number of sulfonamides is 1. The van der Waals surface area contributed by atoms with Gasteiger partial charge >= 0.3 is 0 Å². The third kappa shape index (κ3) is 4.59. The van der Waals surface area contributed by atoms with Gasteiger partial charge in [-0.1, -0.05) is 57.2 Å². The largest absolute Gasteiger partial charge is 0.495 e. The maximum absolute atomic E-state index is 13.7. The molecule has 0 aromatic heterocycles. The van der Waals surface area contributed by atoms with Crippen LogP contribution in [0.15, 0.2) is 77.7 Å². The van der Waals surface area contributed by atoms with Crippen LogP contribution in [-0.2, 0) is 20.2 Å². The van der Waals surface area contributed by atoms with Crippen molar-refractivity contribution in [2.45, 2.75) is 37.2 Å². The number of hydrogen-bond donors (Lipinski definition) is 1. The second-order valence-electron chi connectivity index (χ2n) is 9.08. The normalized spacial score (nSPS) is 15.8. The number of amides is 1. The van der Waals surface area contributed by atoms with Crippen molar-refractivity contribution < 1.29 is 22.7 Å². The lowest BCUT2D eigenvalue weighted by Crippen LogP contribution is -2.49. The van der Waals surface area contributed by atoms with Crippen LogP contribution in [0.2, 0.25) is 0 Å². The molecule has 4 rings (SSSR count). The van der Waals surface area contributed by atoms with Crippen molar-refractivity contribution in [3.8, 4) is 11.5 Å². The van der Waals surface area contributed by atoms with Crippen LogP contribution in [0.3, 0.4) is 0 Å². The molecule has 178 valence electrons. The Labute approximate surface area is 200 Å². The van der Waals surface area contributed by atoms with E-state index in [1.165, 1.54) is 11.4 Å². The van der Waals surface area contributed by atoms with Crippen LogP contribution in [-0.4, -0.2) is 34.1 Å². The predicted molar refractivity (Wildman–Crippen MR) is 132 cm³/mol. The van der Waals surface area contributed by atoms with Gasteiger partial charge < -0.3 is 14.8 Å². The lowest BCUT2D eigenvalue weighted by molar-refractivity contribution is -0.122. The highest BCUT2D eigenvalue weighted by Gasteiger charge is 2.38. The Hall–Kier alpha value is -3.52. The minimum absolute atomic E-state index is 0.146. The molecule has 1 atom stereocenters. The van der Waals surface area contributed by atoms with Crippen LogP contribution in [0.25, 0.3) is 0 Å². The minimum atomic E-state index is -3.94. The number of nitrogens with one attached hydrogen (secondary N) is 1. The first-order chi connectivity index (χ1) is 16.1. The average Bonchev–Trinajstić information content (AvgIpc) is 2.83. The SMILES string of the molecule is COc1ccccc1NC(=O)[C@H]1CN(S(=O)(=O)c2ccccc2)c2cc(C(C)(C)C)ccc2O1. The standard InChI is InChI=1S/C26H28N2O5S/c1-26(2,3)18-14-15-23-21(16-18)28(34(30,31)19-10-6-5-7-11-19)17-24(33-23)25(29)27-20-12-8-9-13-22(20)32-4/h5-16,24H,17H2,1-4H3,(H,27,29)/t24-/m1/s1. The molecular weight excluding hydrogens is 452 g/mol. The van der Waals surface area contributed by atoms with E-state index in [4.69, 9.17) is 9.47 Å². The molecule has 7 nitrogen and oxygen atoms in total. The molecule has 3 aromatic carbocycles. The molecule has 1 aliphatic heterocycles. The summed E-state index contributed by atoms with van der Waals surface area (Å²) in [6, 6.07) is 20.6. The van der Waals surface area contributed by atoms with Crippen molar-refractivity contribution in [2.24, 2.45) is 0 Å². The Morgan fingerprint density at radius 3 is 2.38 bits per heavy atom. The monoisotopic (exact) mass is 480 g/mol. The highest BCUT2D eigenvalue weighted by atomic mass is 32.2. The van der Waals surface area contributed by atoms with E-state index in [2.05, 4.69) is 26.1 Å². The number of benzene rings is 3. The second-order valence-corrected chi connectivity index (χ2v) is 10.9. The van der Waals surface area contributed by atoms with E-state index in [1.807, 2.05) is 12.1 Å². The number of hydrogen-bond acceptors (Lipinski definition) is 5. The molecule has 1 amide bonds. The third-order valence-electron chi connectivity index (χ3n) is 5.68. The van der Waals surface area contributed by atoms with E-state index < -0.39 is 22.0 Å². The summed E-state index contributed by atoms with van der Waals surface area (Å²) in [6.07, 6.45) is -1.06. The van der Waals surface area contributed by atoms with Gasteiger partial charge in [-0.15, -0.1) is 0 Å². The van der Waals surface area contributed by atoms with Gasteiger partial charge in [0.05, 0.1) is 29.9 Å². The van der Waals surface area contributed by atoms with Gasteiger partial charge in [-0.3, -0.25) is 9.10 Å². The summed E-state index contributed by atoms with van der Waals surface area (Å²) in [6.45, 7) is 5.99. The first-order valence-corrected chi connectivity index (χ1v) is 12.4. The molecule has 1 aliphatic rings. The van der Waals surface area contributed by atoms with Gasteiger partial charge in [-0.05, 0) is 47.4 Å². The van der Waals surface area contributed by atoms with Crippen molar-refractivity contribution >= 4 is 27.3 Å². The van der Waals surface area contributed by atoms with Gasteiger partial charge in [0.15, 0.2) is 6.10 Å². The maximum atomic E-state index is 13.7. The highest BCUT2D eigenvalue weighted by Crippen LogP contribution is 2.40. The maximum Gasteiger partial charge on any atom is 0.267 e. The summed E-state index contributed by atoms with van der Waals surface area (Å²) >= 11 is 0. The predicted octanol–water partition coefficient (Wildman–Crippen LogP) is 4.59. The Kier molecular flexibility index (Phi) is 6.27. The Morgan fingerprint density at radius 2 is 1.71 bits per heavy atom. The summed E-state index contributed by atoms with van der Waals surface area (Å²) in [4.78, 5) is 13.3. The Balaban J connectivity index is 1.74. The highest BCUT2D eigenvalue weighted by molar-refractivity contribution is 7.92. The molecule has 34 heavy (non-hydrogen) atoms. The summed E-state index contributed by atoms with van der Waals surface area (Å²) in [5.41, 5.74) is 1.65. The molecule has 0 radical (unpaired) electrons. The van der Waals surface area contributed by atoms with Crippen LogP contribution in [0, 0.1) is 0 Å². The number of anilines is 2. The van der Waals surface area contributed by atoms with Gasteiger partial charge in [-0.2, -0.15) is 0 Å². The fourth-order valence-corrected chi connectivity index (χ4v) is 5.25. The molecule has 0 bridgehead atoms. The first kappa shape index (κ1) is 23.6. The number of ether oxygens (including phenoxy) is 2. The average molecular weight is 481 g/mol. The first-order valence-electron chi connectivity index (χ1n) is 10.9. The van der Waals surface area contributed by atoms with E-state index in [0.29, 0.717) is 22.9 Å². The number of carbonyl (C=O) groups excluding carboxylic acids is 1. The quantitative estimate of drug-likeness (QED) is 0.578. The van der Waals surface area contributed by atoms with Crippen LogP contribution < -0.4 is 19.1 Å². The molecular formula is C26H28N2O5S. The van der Waals surface area contributed by atoms with Gasteiger partial charge in [0, 0.05) is 0 Å². The molecule has 0 spiro atoms. The van der Waals surface area contributed by atoms with Gasteiger partial charge in [-0.25, -0.2) is 8.42 Å². The van der Waals surface area contributed by atoms with Crippen molar-refractivity contribution in [1.29, 1.82) is 0 Å². The number of nitrogens with zero attached hydrogens (tertiary/aromatic N) is 1. The molecule has 0 aliphatic carbocycles. The van der Waals surface area contributed by atoms with Crippen molar-refractivity contribution in [3.63, 3.8) is 0 Å². The van der Waals surface area contributed by atoms with Crippen molar-refractivity contribution in [2.75, 3.05) is 23.3 Å². The Bertz CT molecular complexity index is 1300. The number of para-hydroxylation sites is 2. The lowest BCUT2D eigenvalue weighted by atomic mass is 9.86. The van der Waals surface area contributed by atoms with Gasteiger partial charge in [0.2, 0.25) is 0 Å². The third-order valence-corrected chi connectivity index (χ3v) is 7.48. The van der Waals surface area contributed by atoms with Crippen LogP contribution in [0.1, 0.15) is 26.3 Å². The van der Waals surface area contributed by atoms with E-state index in [1.54, 1.807) is 60.7 Å². The minimum Gasteiger partial charge on any atom is -0.495 e.